The van der Waals surface area contributed by atoms with Crippen LogP contribution in [0.15, 0.2) is 47.4 Å². The molecule has 4 rings (SSSR count). The molecule has 0 atom stereocenters. The van der Waals surface area contributed by atoms with Crippen molar-refractivity contribution in [2.24, 2.45) is 0 Å². The summed E-state index contributed by atoms with van der Waals surface area (Å²) in [6.45, 7) is 8.33. The van der Waals surface area contributed by atoms with E-state index in [0.29, 0.717) is 23.9 Å². The van der Waals surface area contributed by atoms with E-state index in [1.165, 1.54) is 4.31 Å². The highest BCUT2D eigenvalue weighted by Crippen LogP contribution is 2.31. The number of benzene rings is 2. The van der Waals surface area contributed by atoms with Crippen molar-refractivity contribution in [1.29, 1.82) is 0 Å². The van der Waals surface area contributed by atoms with E-state index in [1.54, 1.807) is 0 Å². The molecule has 0 unspecified atom stereocenters. The number of aromatic nitrogens is 1. The van der Waals surface area contributed by atoms with Crippen LogP contribution < -0.4 is 4.74 Å². The lowest BCUT2D eigenvalue weighted by Crippen LogP contribution is -2.56. The third-order valence-electron chi connectivity index (χ3n) is 5.57. The maximum Gasteiger partial charge on any atom is 0.243 e. The van der Waals surface area contributed by atoms with Gasteiger partial charge in [-0.05, 0) is 62.1 Å². The van der Waals surface area contributed by atoms with Crippen LogP contribution in [0, 0.1) is 27.7 Å². The van der Waals surface area contributed by atoms with Crippen LogP contribution in [0.1, 0.15) is 22.3 Å². The first kappa shape index (κ1) is 18.9. The fraction of sp³-hybridized carbons (Fsp3) is 0.318. The van der Waals surface area contributed by atoms with Gasteiger partial charge < -0.3 is 4.74 Å². The van der Waals surface area contributed by atoms with E-state index >= 15 is 0 Å². The van der Waals surface area contributed by atoms with Crippen molar-refractivity contribution in [2.45, 2.75) is 38.7 Å². The molecule has 5 nitrogen and oxygen atoms in total. The highest BCUT2D eigenvalue weighted by molar-refractivity contribution is 7.89. The van der Waals surface area contributed by atoms with Crippen LogP contribution in [0.25, 0.3) is 10.9 Å². The average molecular weight is 397 g/mol. The second-order valence-corrected chi connectivity index (χ2v) is 9.37. The first-order chi connectivity index (χ1) is 13.3. The minimum Gasteiger partial charge on any atom is -0.472 e. The molecule has 2 heterocycles. The molecule has 146 valence electrons. The third-order valence-corrected chi connectivity index (χ3v) is 7.68. The fourth-order valence-corrected chi connectivity index (χ4v) is 5.73. The summed E-state index contributed by atoms with van der Waals surface area (Å²) in [5, 5.41) is 1.05. The Bertz CT molecular complexity index is 1140. The Morgan fingerprint density at radius 1 is 0.964 bits per heavy atom. The van der Waals surface area contributed by atoms with Crippen molar-refractivity contribution in [3.63, 3.8) is 0 Å². The molecule has 28 heavy (non-hydrogen) atoms. The summed E-state index contributed by atoms with van der Waals surface area (Å²) < 4.78 is 33.8. The second kappa shape index (κ2) is 6.87. The minimum atomic E-state index is -3.54. The van der Waals surface area contributed by atoms with Gasteiger partial charge in [-0.1, -0.05) is 24.3 Å². The second-order valence-electron chi connectivity index (χ2n) is 7.49. The third kappa shape index (κ3) is 3.16. The maximum absolute atomic E-state index is 13.2. The lowest BCUT2D eigenvalue weighted by atomic mass is 10.0. The number of rotatable bonds is 4. The van der Waals surface area contributed by atoms with Gasteiger partial charge in [0.15, 0.2) is 0 Å². The van der Waals surface area contributed by atoms with Gasteiger partial charge in [0, 0.05) is 11.5 Å². The lowest BCUT2D eigenvalue weighted by molar-refractivity contribution is 0.0723. The van der Waals surface area contributed by atoms with Crippen molar-refractivity contribution >= 4 is 20.9 Å². The Balaban J connectivity index is 1.51. The van der Waals surface area contributed by atoms with Gasteiger partial charge >= 0.3 is 0 Å². The molecule has 0 bridgehead atoms. The van der Waals surface area contributed by atoms with Crippen LogP contribution in [0.3, 0.4) is 0 Å². The van der Waals surface area contributed by atoms with E-state index in [4.69, 9.17) is 4.74 Å². The maximum atomic E-state index is 13.2. The highest BCUT2D eigenvalue weighted by Gasteiger charge is 2.40. The summed E-state index contributed by atoms with van der Waals surface area (Å²) in [7, 11) is -3.54. The van der Waals surface area contributed by atoms with E-state index in [1.807, 2.05) is 70.2 Å². The molecule has 1 fully saturated rings. The van der Waals surface area contributed by atoms with Gasteiger partial charge in [-0.3, -0.25) is 0 Å². The Morgan fingerprint density at radius 2 is 1.61 bits per heavy atom. The summed E-state index contributed by atoms with van der Waals surface area (Å²) in [5.74, 6) is 0.527. The van der Waals surface area contributed by atoms with Gasteiger partial charge in [-0.2, -0.15) is 4.31 Å². The number of nitrogens with zero attached hydrogens (tertiary/aromatic N) is 2. The molecule has 0 spiro atoms. The summed E-state index contributed by atoms with van der Waals surface area (Å²) >= 11 is 0. The van der Waals surface area contributed by atoms with Crippen molar-refractivity contribution in [1.82, 2.24) is 9.29 Å². The molecule has 0 amide bonds. The zero-order chi connectivity index (χ0) is 20.1. The number of sulfonamides is 1. The van der Waals surface area contributed by atoms with Gasteiger partial charge in [0.2, 0.25) is 15.9 Å². The average Bonchev–Trinajstić information content (AvgIpc) is 2.62. The molecule has 0 radical (unpaired) electrons. The van der Waals surface area contributed by atoms with E-state index in [9.17, 15) is 8.42 Å². The molecule has 1 aliphatic rings. The molecule has 1 saturated heterocycles. The highest BCUT2D eigenvalue weighted by atomic mass is 32.2. The number of fused-ring (bicyclic) bond motifs is 1. The van der Waals surface area contributed by atoms with Crippen LogP contribution in [-0.2, 0) is 10.0 Å². The van der Waals surface area contributed by atoms with Gasteiger partial charge in [-0.25, -0.2) is 13.4 Å². The topological polar surface area (TPSA) is 59.5 Å². The number of para-hydroxylation sites is 1. The van der Waals surface area contributed by atoms with Gasteiger partial charge in [0.1, 0.15) is 6.10 Å². The summed E-state index contributed by atoms with van der Waals surface area (Å²) in [6.07, 6.45) is -0.185. The van der Waals surface area contributed by atoms with Crippen LogP contribution in [0.4, 0.5) is 0 Å². The molecule has 0 saturated carbocycles. The zero-order valence-corrected chi connectivity index (χ0v) is 17.4. The molecule has 6 heteroatoms. The summed E-state index contributed by atoms with van der Waals surface area (Å²) in [4.78, 5) is 4.94. The Morgan fingerprint density at radius 3 is 2.29 bits per heavy atom. The Hall–Kier alpha value is -2.44. The SMILES string of the molecule is Cc1cc(C)c(C)c(S(=O)(=O)N2CC(Oc3ccc4ccccc4n3)C2)c1C. The van der Waals surface area contributed by atoms with E-state index in [0.717, 1.165) is 33.2 Å². The minimum absolute atomic E-state index is 0.185. The smallest absolute Gasteiger partial charge is 0.243 e. The van der Waals surface area contributed by atoms with Crippen LogP contribution in [-0.4, -0.2) is 36.9 Å². The lowest BCUT2D eigenvalue weighted by Gasteiger charge is -2.38. The van der Waals surface area contributed by atoms with Crippen molar-refractivity contribution in [3.05, 3.63) is 64.7 Å². The summed E-state index contributed by atoms with van der Waals surface area (Å²) in [6, 6.07) is 13.7. The van der Waals surface area contributed by atoms with Crippen molar-refractivity contribution in [3.8, 4) is 5.88 Å². The van der Waals surface area contributed by atoms with E-state index < -0.39 is 10.0 Å². The molecule has 0 N–H and O–H groups in total. The monoisotopic (exact) mass is 396 g/mol. The number of aryl methyl sites for hydroxylation is 2. The molecular weight excluding hydrogens is 372 g/mol. The molecular formula is C22H24N2O3S. The van der Waals surface area contributed by atoms with Crippen molar-refractivity contribution in [2.75, 3.05) is 13.1 Å². The number of hydrogen-bond donors (Lipinski definition) is 0. The first-order valence-corrected chi connectivity index (χ1v) is 10.8. The molecule has 2 aromatic carbocycles. The van der Waals surface area contributed by atoms with E-state index in [2.05, 4.69) is 4.98 Å². The number of pyridine rings is 1. The van der Waals surface area contributed by atoms with Gasteiger partial charge in [0.25, 0.3) is 0 Å². The molecule has 1 aromatic heterocycles. The largest absolute Gasteiger partial charge is 0.472 e. The molecule has 3 aromatic rings. The van der Waals surface area contributed by atoms with Crippen LogP contribution in [0.5, 0.6) is 5.88 Å². The molecule has 1 aliphatic heterocycles. The van der Waals surface area contributed by atoms with Gasteiger partial charge in [0.05, 0.1) is 23.5 Å². The normalized spacial score (nSPS) is 15.6. The van der Waals surface area contributed by atoms with Crippen LogP contribution in [0.2, 0.25) is 0 Å². The van der Waals surface area contributed by atoms with E-state index in [-0.39, 0.29) is 6.10 Å². The quantitative estimate of drug-likeness (QED) is 0.671. The van der Waals surface area contributed by atoms with Crippen molar-refractivity contribution < 1.29 is 13.2 Å². The zero-order valence-electron chi connectivity index (χ0n) is 16.6. The standard InChI is InChI=1S/C22H24N2O3S/c1-14-11-15(2)17(4)22(16(14)3)28(25,26)24-12-19(13-24)27-21-10-9-18-7-5-6-8-20(18)23-21/h5-11,19H,12-13H2,1-4H3. The predicted molar refractivity (Wildman–Crippen MR) is 110 cm³/mol. The Kier molecular flexibility index (Phi) is 4.63. The van der Waals surface area contributed by atoms with Gasteiger partial charge in [-0.15, -0.1) is 0 Å². The Labute approximate surface area is 166 Å². The first-order valence-electron chi connectivity index (χ1n) is 9.37. The fourth-order valence-electron chi connectivity index (χ4n) is 3.65. The summed E-state index contributed by atoms with van der Waals surface area (Å²) in [5.41, 5.74) is 4.50. The van der Waals surface area contributed by atoms with Crippen LogP contribution >= 0.6 is 0 Å². The predicted octanol–water partition coefficient (Wildman–Crippen LogP) is 3.92. The number of hydrogen-bond acceptors (Lipinski definition) is 4. The number of ether oxygens (including phenoxy) is 1. The molecule has 0 aliphatic carbocycles.